The van der Waals surface area contributed by atoms with Crippen LogP contribution in [0.4, 0.5) is 0 Å². The maximum Gasteiger partial charge on any atom is 0.220 e. The Bertz CT molecular complexity index is 451. The van der Waals surface area contributed by atoms with Crippen LogP contribution < -0.4 is 10.6 Å². The molecule has 5 nitrogen and oxygen atoms in total. The molecule has 0 aromatic rings. The van der Waals surface area contributed by atoms with Crippen LogP contribution in [0.2, 0.25) is 0 Å². The van der Waals surface area contributed by atoms with Crippen LogP contribution in [-0.4, -0.2) is 61.3 Å². The summed E-state index contributed by atoms with van der Waals surface area (Å²) in [6.45, 7) is 10.1. The van der Waals surface area contributed by atoms with Crippen LogP contribution in [-0.2, 0) is 9.53 Å². The number of hydrogen-bond acceptors (Lipinski definition) is 4. The van der Waals surface area contributed by atoms with Crippen molar-refractivity contribution >= 4 is 30.7 Å². The van der Waals surface area contributed by atoms with Crippen LogP contribution in [0, 0.1) is 5.92 Å². The lowest BCUT2D eigenvalue weighted by Crippen LogP contribution is -2.63. The largest absolute Gasteiger partial charge is 0.373 e. The summed E-state index contributed by atoms with van der Waals surface area (Å²) in [5, 5.41) is 6.69. The van der Waals surface area contributed by atoms with E-state index >= 15 is 0 Å². The fraction of sp³-hybridized carbons (Fsp3) is 0.950. The number of carbonyl (C=O) groups excluding carboxylic acids is 1. The highest BCUT2D eigenvalue weighted by atomic mass is 35.5. The van der Waals surface area contributed by atoms with Crippen molar-refractivity contribution in [1.29, 1.82) is 0 Å². The number of nitrogens with one attached hydrogen (secondary N) is 2. The van der Waals surface area contributed by atoms with E-state index in [1.54, 1.807) is 0 Å². The van der Waals surface area contributed by atoms with Crippen LogP contribution in [0.25, 0.3) is 0 Å². The van der Waals surface area contributed by atoms with Gasteiger partial charge in [-0.1, -0.05) is 19.3 Å². The minimum Gasteiger partial charge on any atom is -0.373 e. The molecule has 0 aromatic carbocycles. The summed E-state index contributed by atoms with van der Waals surface area (Å²) in [6.07, 6.45) is 9.22. The van der Waals surface area contributed by atoms with Gasteiger partial charge in [0, 0.05) is 31.6 Å². The fourth-order valence-electron chi connectivity index (χ4n) is 4.88. The van der Waals surface area contributed by atoms with Crippen LogP contribution in [0.1, 0.15) is 65.2 Å². The molecule has 27 heavy (non-hydrogen) atoms. The van der Waals surface area contributed by atoms with E-state index in [1.807, 2.05) is 0 Å². The molecule has 1 aliphatic carbocycles. The molecule has 0 bridgehead atoms. The van der Waals surface area contributed by atoms with Gasteiger partial charge in [0.05, 0.1) is 12.2 Å². The highest BCUT2D eigenvalue weighted by molar-refractivity contribution is 5.85. The Morgan fingerprint density at radius 1 is 1.22 bits per heavy atom. The van der Waals surface area contributed by atoms with Crippen molar-refractivity contribution in [3.05, 3.63) is 0 Å². The molecule has 1 atom stereocenters. The predicted molar refractivity (Wildman–Crippen MR) is 115 cm³/mol. The number of carbonyl (C=O) groups is 1. The van der Waals surface area contributed by atoms with E-state index in [2.05, 4.69) is 29.4 Å². The second-order valence-corrected chi connectivity index (χ2v) is 8.99. The Hall–Kier alpha value is -0.0700. The topological polar surface area (TPSA) is 53.6 Å². The average molecular weight is 424 g/mol. The standard InChI is InChI=1S/C20H37N3O2.2ClH/c1-19(2)16-23(12-13-25-19)20(9-4-3-5-10-20)15-22-18(24)7-6-17-8-11-21-14-17;;/h17,21H,3-16H2,1-2H3,(H,22,24);2*1H. The number of nitrogens with zero attached hydrogens (tertiary/aromatic N) is 1. The second-order valence-electron chi connectivity index (χ2n) is 8.99. The Morgan fingerprint density at radius 3 is 2.59 bits per heavy atom. The molecule has 2 saturated heterocycles. The van der Waals surface area contributed by atoms with Crippen molar-refractivity contribution in [3.8, 4) is 0 Å². The van der Waals surface area contributed by atoms with Crippen LogP contribution >= 0.6 is 24.8 Å². The Kier molecular flexibility index (Phi) is 10.4. The number of halogens is 2. The number of ether oxygens (including phenoxy) is 1. The summed E-state index contributed by atoms with van der Waals surface area (Å²) in [5.74, 6) is 0.929. The third kappa shape index (κ3) is 7.04. The van der Waals surface area contributed by atoms with Gasteiger partial charge in [0.1, 0.15) is 0 Å². The van der Waals surface area contributed by atoms with Crippen molar-refractivity contribution in [2.75, 3.05) is 39.3 Å². The minimum atomic E-state index is -0.0812. The maximum atomic E-state index is 12.4. The Labute approximate surface area is 177 Å². The quantitative estimate of drug-likeness (QED) is 0.688. The zero-order valence-electron chi connectivity index (χ0n) is 17.1. The molecule has 1 unspecified atom stereocenters. The Balaban J connectivity index is 0.00000182. The van der Waals surface area contributed by atoms with Gasteiger partial charge >= 0.3 is 0 Å². The van der Waals surface area contributed by atoms with E-state index in [-0.39, 0.29) is 41.9 Å². The van der Waals surface area contributed by atoms with Crippen molar-refractivity contribution in [2.24, 2.45) is 5.92 Å². The summed E-state index contributed by atoms with van der Waals surface area (Å²) in [5.41, 5.74) is 0.0616. The maximum absolute atomic E-state index is 12.4. The minimum absolute atomic E-state index is 0. The number of rotatable bonds is 6. The molecular formula is C20H39Cl2N3O2. The van der Waals surface area contributed by atoms with E-state index in [1.165, 1.54) is 38.5 Å². The lowest BCUT2D eigenvalue weighted by molar-refractivity contribution is -0.129. The number of hydrogen-bond donors (Lipinski definition) is 2. The molecule has 1 saturated carbocycles. The third-order valence-corrected chi connectivity index (χ3v) is 6.44. The van der Waals surface area contributed by atoms with Crippen molar-refractivity contribution in [2.45, 2.75) is 76.4 Å². The molecule has 0 aromatic heterocycles. The molecule has 0 spiro atoms. The fourth-order valence-corrected chi connectivity index (χ4v) is 4.88. The molecule has 2 heterocycles. The first-order chi connectivity index (χ1) is 12.0. The lowest BCUT2D eigenvalue weighted by atomic mass is 9.79. The SMILES string of the molecule is CC1(C)CN(C2(CNC(=O)CCC3CCNC3)CCCCC2)CCO1.Cl.Cl. The molecule has 7 heteroatoms. The molecule has 160 valence electrons. The summed E-state index contributed by atoms with van der Waals surface area (Å²) in [4.78, 5) is 15.0. The summed E-state index contributed by atoms with van der Waals surface area (Å²) < 4.78 is 5.92. The summed E-state index contributed by atoms with van der Waals surface area (Å²) in [7, 11) is 0. The van der Waals surface area contributed by atoms with E-state index in [0.29, 0.717) is 12.3 Å². The monoisotopic (exact) mass is 423 g/mol. The van der Waals surface area contributed by atoms with Gasteiger partial charge in [0.15, 0.2) is 0 Å². The van der Waals surface area contributed by atoms with Gasteiger partial charge in [-0.3, -0.25) is 9.69 Å². The zero-order chi connectivity index (χ0) is 17.8. The second kappa shape index (κ2) is 11.2. The normalized spacial score (nSPS) is 27.3. The van der Waals surface area contributed by atoms with Crippen LogP contribution in [0.3, 0.4) is 0 Å². The van der Waals surface area contributed by atoms with E-state index in [4.69, 9.17) is 4.74 Å². The van der Waals surface area contributed by atoms with Crippen molar-refractivity contribution in [3.63, 3.8) is 0 Å². The van der Waals surface area contributed by atoms with Gasteiger partial charge in [-0.25, -0.2) is 0 Å². The third-order valence-electron chi connectivity index (χ3n) is 6.44. The highest BCUT2D eigenvalue weighted by Gasteiger charge is 2.42. The van der Waals surface area contributed by atoms with E-state index in [9.17, 15) is 4.79 Å². The summed E-state index contributed by atoms with van der Waals surface area (Å²) >= 11 is 0. The first-order valence-electron chi connectivity index (χ1n) is 10.4. The van der Waals surface area contributed by atoms with Gasteiger partial charge in [-0.05, 0) is 58.5 Å². The van der Waals surface area contributed by atoms with E-state index in [0.717, 1.165) is 45.8 Å². The predicted octanol–water partition coefficient (Wildman–Crippen LogP) is 3.15. The van der Waals surface area contributed by atoms with Crippen LogP contribution in [0.15, 0.2) is 0 Å². The number of morpholine rings is 1. The van der Waals surface area contributed by atoms with Crippen molar-refractivity contribution in [1.82, 2.24) is 15.5 Å². The van der Waals surface area contributed by atoms with Crippen LogP contribution in [0.5, 0.6) is 0 Å². The van der Waals surface area contributed by atoms with Gasteiger partial charge in [-0.15, -0.1) is 24.8 Å². The lowest BCUT2D eigenvalue weighted by Gasteiger charge is -2.51. The van der Waals surface area contributed by atoms with Gasteiger partial charge < -0.3 is 15.4 Å². The summed E-state index contributed by atoms with van der Waals surface area (Å²) in [6, 6.07) is 0. The molecule has 2 aliphatic heterocycles. The molecule has 3 fully saturated rings. The van der Waals surface area contributed by atoms with Gasteiger partial charge in [-0.2, -0.15) is 0 Å². The molecule has 3 aliphatic rings. The van der Waals surface area contributed by atoms with E-state index < -0.39 is 0 Å². The zero-order valence-corrected chi connectivity index (χ0v) is 18.7. The Morgan fingerprint density at radius 2 is 1.96 bits per heavy atom. The average Bonchev–Trinajstić information content (AvgIpc) is 3.12. The molecule has 3 rings (SSSR count). The van der Waals surface area contributed by atoms with Gasteiger partial charge in [0.25, 0.3) is 0 Å². The first kappa shape index (κ1) is 25.0. The first-order valence-corrected chi connectivity index (χ1v) is 10.4. The molecule has 1 amide bonds. The number of amides is 1. The van der Waals surface area contributed by atoms with Gasteiger partial charge in [0.2, 0.25) is 5.91 Å². The molecule has 2 N–H and O–H groups in total. The van der Waals surface area contributed by atoms with Crippen molar-refractivity contribution < 1.29 is 9.53 Å². The molecular weight excluding hydrogens is 385 g/mol. The molecule has 0 radical (unpaired) electrons. The smallest absolute Gasteiger partial charge is 0.220 e. The highest BCUT2D eigenvalue weighted by Crippen LogP contribution is 2.36.